The van der Waals surface area contributed by atoms with Crippen LogP contribution in [0.15, 0.2) is 5.18 Å². The quantitative estimate of drug-likeness (QED) is 0.392. The Bertz CT molecular complexity index is 143. The van der Waals surface area contributed by atoms with E-state index in [0.29, 0.717) is 0 Å². The van der Waals surface area contributed by atoms with E-state index in [-0.39, 0.29) is 5.54 Å². The highest BCUT2D eigenvalue weighted by atomic mass is 16.3. The van der Waals surface area contributed by atoms with Crippen molar-refractivity contribution in [3.8, 4) is 0 Å². The molecule has 0 atom stereocenters. The van der Waals surface area contributed by atoms with Gasteiger partial charge in [-0.2, -0.15) is 4.91 Å². The monoisotopic (exact) mass is 199 g/mol. The fourth-order valence-corrected chi connectivity index (χ4v) is 1.56. The summed E-state index contributed by atoms with van der Waals surface area (Å²) < 4.78 is 0. The highest BCUT2D eigenvalue weighted by Gasteiger charge is 2.16. The van der Waals surface area contributed by atoms with Crippen LogP contribution in [-0.2, 0) is 0 Å². The second-order valence-corrected chi connectivity index (χ2v) is 4.78. The predicted octanol–water partition coefficient (Wildman–Crippen LogP) is 4.67. The van der Waals surface area contributed by atoms with Crippen molar-refractivity contribution in [2.24, 2.45) is 5.18 Å². The second-order valence-electron chi connectivity index (χ2n) is 4.78. The van der Waals surface area contributed by atoms with E-state index in [1.807, 2.05) is 13.8 Å². The molecular formula is C12H25NO. The number of nitroso groups, excluding NO2 is 1. The summed E-state index contributed by atoms with van der Waals surface area (Å²) in [6.45, 7) is 6.06. The number of hydrogen-bond donors (Lipinski definition) is 0. The Morgan fingerprint density at radius 2 is 1.43 bits per heavy atom. The summed E-state index contributed by atoms with van der Waals surface area (Å²) in [6.07, 6.45) is 10.0. The van der Waals surface area contributed by atoms with Gasteiger partial charge in [-0.15, -0.1) is 0 Å². The smallest absolute Gasteiger partial charge is 0.0970 e. The lowest BCUT2D eigenvalue weighted by Crippen LogP contribution is -2.14. The van der Waals surface area contributed by atoms with Crippen LogP contribution in [-0.4, -0.2) is 5.54 Å². The second kappa shape index (κ2) is 7.95. The van der Waals surface area contributed by atoms with Gasteiger partial charge in [0.25, 0.3) is 0 Å². The highest BCUT2D eigenvalue weighted by molar-refractivity contribution is 4.75. The van der Waals surface area contributed by atoms with E-state index in [1.165, 1.54) is 38.5 Å². The summed E-state index contributed by atoms with van der Waals surface area (Å²) >= 11 is 0. The van der Waals surface area contributed by atoms with E-state index in [0.717, 1.165) is 12.8 Å². The third kappa shape index (κ3) is 8.21. The van der Waals surface area contributed by atoms with E-state index < -0.39 is 0 Å². The first kappa shape index (κ1) is 13.6. The summed E-state index contributed by atoms with van der Waals surface area (Å²) in [5.74, 6) is 0. The lowest BCUT2D eigenvalue weighted by molar-refractivity contribution is 0.440. The normalized spacial score (nSPS) is 11.6. The Balaban J connectivity index is 3.17. The zero-order valence-corrected chi connectivity index (χ0v) is 10.0. The first-order valence-corrected chi connectivity index (χ1v) is 5.97. The molecule has 0 spiro atoms. The molecule has 0 aromatic rings. The summed E-state index contributed by atoms with van der Waals surface area (Å²) in [4.78, 5) is 10.4. The van der Waals surface area contributed by atoms with Crippen molar-refractivity contribution in [3.05, 3.63) is 4.91 Å². The van der Waals surface area contributed by atoms with Crippen LogP contribution in [0.2, 0.25) is 0 Å². The van der Waals surface area contributed by atoms with Crippen molar-refractivity contribution < 1.29 is 0 Å². The minimum Gasteiger partial charge on any atom is -0.150 e. The summed E-state index contributed by atoms with van der Waals surface area (Å²) in [7, 11) is 0. The molecule has 0 amide bonds. The third-order valence-electron chi connectivity index (χ3n) is 2.64. The number of unbranched alkanes of at least 4 members (excludes halogenated alkanes) is 6. The Labute approximate surface area is 88.4 Å². The van der Waals surface area contributed by atoms with Gasteiger partial charge in [-0.05, 0) is 20.3 Å². The fraction of sp³-hybridized carbons (Fsp3) is 1.00. The third-order valence-corrected chi connectivity index (χ3v) is 2.64. The lowest BCUT2D eigenvalue weighted by atomic mass is 9.97. The molecule has 84 valence electrons. The summed E-state index contributed by atoms with van der Waals surface area (Å²) in [6, 6.07) is 0. The molecule has 0 rings (SSSR count). The Hall–Kier alpha value is -0.400. The molecule has 0 aromatic heterocycles. The van der Waals surface area contributed by atoms with Gasteiger partial charge in [-0.3, -0.25) is 0 Å². The maximum atomic E-state index is 10.4. The Morgan fingerprint density at radius 3 is 1.93 bits per heavy atom. The molecule has 2 nitrogen and oxygen atoms in total. The molecular weight excluding hydrogens is 174 g/mol. The first-order chi connectivity index (χ1) is 6.62. The van der Waals surface area contributed by atoms with Crippen molar-refractivity contribution in [2.75, 3.05) is 0 Å². The minimum absolute atomic E-state index is 0.344. The molecule has 0 unspecified atom stereocenters. The van der Waals surface area contributed by atoms with Crippen molar-refractivity contribution in [1.82, 2.24) is 0 Å². The zero-order chi connectivity index (χ0) is 10.9. The van der Waals surface area contributed by atoms with E-state index in [1.54, 1.807) is 0 Å². The molecule has 0 fully saturated rings. The van der Waals surface area contributed by atoms with Crippen molar-refractivity contribution >= 4 is 0 Å². The van der Waals surface area contributed by atoms with Gasteiger partial charge in [-0.25, -0.2) is 0 Å². The Kier molecular flexibility index (Phi) is 7.73. The molecule has 0 heterocycles. The van der Waals surface area contributed by atoms with Crippen LogP contribution >= 0.6 is 0 Å². The SMILES string of the molecule is CCCCCCCCCC(C)(C)N=O. The van der Waals surface area contributed by atoms with Crippen LogP contribution in [0, 0.1) is 4.91 Å². The van der Waals surface area contributed by atoms with Gasteiger partial charge in [-0.1, -0.05) is 57.0 Å². The average molecular weight is 199 g/mol. The molecule has 2 heteroatoms. The molecule has 0 radical (unpaired) electrons. The van der Waals surface area contributed by atoms with Gasteiger partial charge in [0.05, 0.1) is 5.54 Å². The molecule has 0 saturated heterocycles. The molecule has 0 N–H and O–H groups in total. The van der Waals surface area contributed by atoms with Crippen molar-refractivity contribution in [2.45, 2.75) is 77.7 Å². The topological polar surface area (TPSA) is 29.4 Å². The average Bonchev–Trinajstić information content (AvgIpc) is 2.16. The molecule has 0 aromatic carbocycles. The maximum absolute atomic E-state index is 10.4. The minimum atomic E-state index is -0.344. The van der Waals surface area contributed by atoms with Gasteiger partial charge < -0.3 is 0 Å². The molecule has 0 aliphatic heterocycles. The number of nitrogens with zero attached hydrogens (tertiary/aromatic N) is 1. The maximum Gasteiger partial charge on any atom is 0.0970 e. The molecule has 0 saturated carbocycles. The lowest BCUT2D eigenvalue weighted by Gasteiger charge is -2.14. The van der Waals surface area contributed by atoms with Gasteiger partial charge in [0, 0.05) is 0 Å². The standard InChI is InChI=1S/C12H25NO/c1-4-5-6-7-8-9-10-11-12(2,3)13-14/h4-11H2,1-3H3. The zero-order valence-electron chi connectivity index (χ0n) is 10.0. The van der Waals surface area contributed by atoms with Crippen LogP contribution < -0.4 is 0 Å². The molecule has 0 aliphatic carbocycles. The van der Waals surface area contributed by atoms with Gasteiger partial charge in [0.2, 0.25) is 0 Å². The van der Waals surface area contributed by atoms with Gasteiger partial charge in [0.15, 0.2) is 0 Å². The van der Waals surface area contributed by atoms with Gasteiger partial charge >= 0.3 is 0 Å². The van der Waals surface area contributed by atoms with Crippen LogP contribution in [0.25, 0.3) is 0 Å². The van der Waals surface area contributed by atoms with Crippen LogP contribution in [0.3, 0.4) is 0 Å². The van der Waals surface area contributed by atoms with E-state index in [4.69, 9.17) is 0 Å². The number of hydrogen-bond acceptors (Lipinski definition) is 2. The first-order valence-electron chi connectivity index (χ1n) is 5.97. The van der Waals surface area contributed by atoms with Crippen molar-refractivity contribution in [1.29, 1.82) is 0 Å². The molecule has 0 bridgehead atoms. The van der Waals surface area contributed by atoms with Gasteiger partial charge in [0.1, 0.15) is 0 Å². The summed E-state index contributed by atoms with van der Waals surface area (Å²) in [5.41, 5.74) is -0.344. The predicted molar refractivity (Wildman–Crippen MR) is 62.5 cm³/mol. The highest BCUT2D eigenvalue weighted by Crippen LogP contribution is 2.18. The molecule has 0 aliphatic rings. The van der Waals surface area contributed by atoms with Crippen LogP contribution in [0.1, 0.15) is 72.1 Å². The van der Waals surface area contributed by atoms with E-state index in [2.05, 4.69) is 12.1 Å². The van der Waals surface area contributed by atoms with Crippen molar-refractivity contribution in [3.63, 3.8) is 0 Å². The van der Waals surface area contributed by atoms with E-state index in [9.17, 15) is 4.91 Å². The van der Waals surface area contributed by atoms with E-state index >= 15 is 0 Å². The molecule has 14 heavy (non-hydrogen) atoms. The largest absolute Gasteiger partial charge is 0.150 e. The fourth-order valence-electron chi connectivity index (χ4n) is 1.56. The van der Waals surface area contributed by atoms with Crippen LogP contribution in [0.4, 0.5) is 0 Å². The van der Waals surface area contributed by atoms with Crippen LogP contribution in [0.5, 0.6) is 0 Å². The number of rotatable bonds is 9. The Morgan fingerprint density at radius 1 is 0.929 bits per heavy atom. The summed E-state index contributed by atoms with van der Waals surface area (Å²) in [5, 5.41) is 3.12.